The standard InChI is InChI=1S/C20H19N3O3/c1-13-8-9-16(14(2)11-13)23-20(25)18-7-3-6-17(22-18)19(24)21-12-15-5-4-10-26-15/h3-11H,12H2,1-2H3,(H,21,24)(H,23,25). The fourth-order valence-electron chi connectivity index (χ4n) is 2.50. The van der Waals surface area contributed by atoms with Gasteiger partial charge in [0.05, 0.1) is 12.8 Å². The van der Waals surface area contributed by atoms with Crippen LogP contribution in [-0.4, -0.2) is 16.8 Å². The zero-order valence-electron chi connectivity index (χ0n) is 14.6. The van der Waals surface area contributed by atoms with Gasteiger partial charge < -0.3 is 15.1 Å². The van der Waals surface area contributed by atoms with Gasteiger partial charge in [-0.05, 0) is 49.7 Å². The molecule has 6 heteroatoms. The van der Waals surface area contributed by atoms with E-state index in [1.807, 2.05) is 32.0 Å². The third-order valence-electron chi connectivity index (χ3n) is 3.85. The van der Waals surface area contributed by atoms with Crippen molar-refractivity contribution >= 4 is 17.5 Å². The Balaban J connectivity index is 1.69. The monoisotopic (exact) mass is 349 g/mol. The first kappa shape index (κ1) is 17.4. The van der Waals surface area contributed by atoms with Gasteiger partial charge in [0.25, 0.3) is 11.8 Å². The average Bonchev–Trinajstić information content (AvgIpc) is 3.15. The molecule has 6 nitrogen and oxygen atoms in total. The predicted molar refractivity (Wildman–Crippen MR) is 98.0 cm³/mol. The summed E-state index contributed by atoms with van der Waals surface area (Å²) >= 11 is 0. The van der Waals surface area contributed by atoms with Crippen molar-refractivity contribution < 1.29 is 14.0 Å². The Morgan fingerprint density at radius 3 is 2.46 bits per heavy atom. The molecule has 0 radical (unpaired) electrons. The van der Waals surface area contributed by atoms with Crippen molar-refractivity contribution in [2.75, 3.05) is 5.32 Å². The van der Waals surface area contributed by atoms with E-state index in [0.717, 1.165) is 16.8 Å². The minimum Gasteiger partial charge on any atom is -0.467 e. The van der Waals surface area contributed by atoms with Gasteiger partial charge in [0.2, 0.25) is 0 Å². The molecule has 0 fully saturated rings. The quantitative estimate of drug-likeness (QED) is 0.739. The Bertz CT molecular complexity index is 933. The maximum absolute atomic E-state index is 12.5. The lowest BCUT2D eigenvalue weighted by atomic mass is 10.1. The van der Waals surface area contributed by atoms with Gasteiger partial charge in [-0.2, -0.15) is 0 Å². The fourth-order valence-corrected chi connectivity index (χ4v) is 2.50. The third kappa shape index (κ3) is 4.16. The largest absolute Gasteiger partial charge is 0.467 e. The molecule has 3 rings (SSSR count). The summed E-state index contributed by atoms with van der Waals surface area (Å²) in [6, 6.07) is 14.0. The highest BCUT2D eigenvalue weighted by atomic mass is 16.3. The molecule has 0 atom stereocenters. The van der Waals surface area contributed by atoms with Crippen LogP contribution in [0.15, 0.2) is 59.2 Å². The van der Waals surface area contributed by atoms with E-state index >= 15 is 0 Å². The van der Waals surface area contributed by atoms with E-state index in [-0.39, 0.29) is 29.7 Å². The Morgan fingerprint density at radius 2 is 1.77 bits per heavy atom. The number of carbonyl (C=O) groups is 2. The molecule has 132 valence electrons. The Morgan fingerprint density at radius 1 is 1.00 bits per heavy atom. The van der Waals surface area contributed by atoms with Crippen LogP contribution < -0.4 is 10.6 Å². The fraction of sp³-hybridized carbons (Fsp3) is 0.150. The van der Waals surface area contributed by atoms with E-state index in [9.17, 15) is 9.59 Å². The number of nitrogens with one attached hydrogen (secondary N) is 2. The van der Waals surface area contributed by atoms with Crippen molar-refractivity contribution in [1.82, 2.24) is 10.3 Å². The number of aryl methyl sites for hydroxylation is 2. The van der Waals surface area contributed by atoms with Gasteiger partial charge in [0.15, 0.2) is 0 Å². The molecule has 0 aliphatic rings. The zero-order chi connectivity index (χ0) is 18.5. The molecule has 0 saturated carbocycles. The molecule has 0 saturated heterocycles. The zero-order valence-corrected chi connectivity index (χ0v) is 14.6. The van der Waals surface area contributed by atoms with Crippen molar-refractivity contribution in [2.45, 2.75) is 20.4 Å². The molecule has 0 bridgehead atoms. The maximum Gasteiger partial charge on any atom is 0.274 e. The number of anilines is 1. The number of benzene rings is 1. The minimum absolute atomic E-state index is 0.171. The highest BCUT2D eigenvalue weighted by Crippen LogP contribution is 2.17. The SMILES string of the molecule is Cc1ccc(NC(=O)c2cccc(C(=O)NCc3ccco3)n2)c(C)c1. The lowest BCUT2D eigenvalue weighted by Gasteiger charge is -2.09. The second-order valence-electron chi connectivity index (χ2n) is 5.94. The number of carbonyl (C=O) groups excluding carboxylic acids is 2. The van der Waals surface area contributed by atoms with E-state index in [0.29, 0.717) is 5.76 Å². The minimum atomic E-state index is -0.373. The van der Waals surface area contributed by atoms with Crippen molar-refractivity contribution in [3.63, 3.8) is 0 Å². The number of rotatable bonds is 5. The van der Waals surface area contributed by atoms with Crippen LogP contribution in [-0.2, 0) is 6.54 Å². The molecule has 2 aromatic heterocycles. The third-order valence-corrected chi connectivity index (χ3v) is 3.85. The summed E-state index contributed by atoms with van der Waals surface area (Å²) in [5.41, 5.74) is 3.15. The number of nitrogens with zero attached hydrogens (tertiary/aromatic N) is 1. The molecule has 2 N–H and O–H groups in total. The summed E-state index contributed by atoms with van der Waals surface area (Å²) in [4.78, 5) is 28.8. The van der Waals surface area contributed by atoms with E-state index in [1.165, 1.54) is 6.26 Å². The summed E-state index contributed by atoms with van der Waals surface area (Å²) in [5, 5.41) is 5.53. The second-order valence-corrected chi connectivity index (χ2v) is 5.94. The summed E-state index contributed by atoms with van der Waals surface area (Å²) in [6.45, 7) is 4.17. The first-order valence-corrected chi connectivity index (χ1v) is 8.19. The molecule has 3 aromatic rings. The molecule has 1 aromatic carbocycles. The first-order valence-electron chi connectivity index (χ1n) is 8.19. The number of hydrogen-bond donors (Lipinski definition) is 2. The summed E-state index contributed by atoms with van der Waals surface area (Å²) < 4.78 is 5.17. The summed E-state index contributed by atoms with van der Waals surface area (Å²) in [7, 11) is 0. The molecule has 2 amide bonds. The van der Waals surface area contributed by atoms with Gasteiger partial charge in [-0.25, -0.2) is 4.98 Å². The van der Waals surface area contributed by atoms with Crippen molar-refractivity contribution in [2.24, 2.45) is 0 Å². The highest BCUT2D eigenvalue weighted by Gasteiger charge is 2.13. The van der Waals surface area contributed by atoms with Gasteiger partial charge in [0.1, 0.15) is 17.1 Å². The average molecular weight is 349 g/mol. The van der Waals surface area contributed by atoms with Gasteiger partial charge in [-0.3, -0.25) is 9.59 Å². The van der Waals surface area contributed by atoms with Crippen LogP contribution in [0.1, 0.15) is 37.9 Å². The molecule has 0 aliphatic carbocycles. The van der Waals surface area contributed by atoms with E-state index in [4.69, 9.17) is 4.42 Å². The molecule has 2 heterocycles. The van der Waals surface area contributed by atoms with Gasteiger partial charge in [-0.15, -0.1) is 0 Å². The number of aromatic nitrogens is 1. The molecule has 26 heavy (non-hydrogen) atoms. The van der Waals surface area contributed by atoms with E-state index < -0.39 is 0 Å². The van der Waals surface area contributed by atoms with Crippen LogP contribution >= 0.6 is 0 Å². The van der Waals surface area contributed by atoms with Gasteiger partial charge in [0, 0.05) is 5.69 Å². The predicted octanol–water partition coefficient (Wildman–Crippen LogP) is 3.47. The van der Waals surface area contributed by atoms with Crippen LogP contribution in [0.3, 0.4) is 0 Å². The normalized spacial score (nSPS) is 10.4. The van der Waals surface area contributed by atoms with E-state index in [2.05, 4.69) is 15.6 Å². The van der Waals surface area contributed by atoms with Crippen molar-refractivity contribution in [1.29, 1.82) is 0 Å². The Labute approximate surface area is 151 Å². The lowest BCUT2D eigenvalue weighted by Crippen LogP contribution is -2.25. The van der Waals surface area contributed by atoms with Gasteiger partial charge in [-0.1, -0.05) is 23.8 Å². The van der Waals surface area contributed by atoms with Crippen molar-refractivity contribution in [3.05, 3.63) is 83.1 Å². The van der Waals surface area contributed by atoms with Crippen LogP contribution in [0.25, 0.3) is 0 Å². The summed E-state index contributed by atoms with van der Waals surface area (Å²) in [6.07, 6.45) is 1.54. The van der Waals surface area contributed by atoms with Crippen LogP contribution in [0.4, 0.5) is 5.69 Å². The molecule has 0 spiro atoms. The molecule has 0 aliphatic heterocycles. The number of furan rings is 1. The topological polar surface area (TPSA) is 84.2 Å². The molecular weight excluding hydrogens is 330 g/mol. The van der Waals surface area contributed by atoms with Crippen LogP contribution in [0, 0.1) is 13.8 Å². The molecular formula is C20H19N3O3. The van der Waals surface area contributed by atoms with Crippen molar-refractivity contribution in [3.8, 4) is 0 Å². The molecule has 0 unspecified atom stereocenters. The number of amides is 2. The van der Waals surface area contributed by atoms with Crippen LogP contribution in [0.2, 0.25) is 0 Å². The van der Waals surface area contributed by atoms with Gasteiger partial charge >= 0.3 is 0 Å². The smallest absolute Gasteiger partial charge is 0.274 e. The Kier molecular flexibility index (Phi) is 5.12. The maximum atomic E-state index is 12.5. The Hall–Kier alpha value is -3.41. The second kappa shape index (κ2) is 7.65. The first-order chi connectivity index (χ1) is 12.5. The highest BCUT2D eigenvalue weighted by molar-refractivity contribution is 6.04. The lowest BCUT2D eigenvalue weighted by molar-refractivity contribution is 0.0943. The summed E-state index contributed by atoms with van der Waals surface area (Å²) in [5.74, 6) is -0.0951. The van der Waals surface area contributed by atoms with E-state index in [1.54, 1.807) is 30.3 Å². The number of pyridine rings is 1. The number of hydrogen-bond acceptors (Lipinski definition) is 4. The van der Waals surface area contributed by atoms with Crippen LogP contribution in [0.5, 0.6) is 0 Å².